The summed E-state index contributed by atoms with van der Waals surface area (Å²) in [5.41, 5.74) is 7.15. The number of imidazole rings is 1. The smallest absolute Gasteiger partial charge is 0.220 e. The summed E-state index contributed by atoms with van der Waals surface area (Å²) in [7, 11) is 0. The lowest BCUT2D eigenvalue weighted by Crippen LogP contribution is -2.26. The van der Waals surface area contributed by atoms with Crippen LogP contribution in [0, 0.1) is 0 Å². The number of hydrogen-bond donors (Lipinski definition) is 2. The molecule has 1 amide bonds. The van der Waals surface area contributed by atoms with E-state index in [2.05, 4.69) is 10.3 Å². The maximum atomic E-state index is 11.8. The fourth-order valence-electron chi connectivity index (χ4n) is 2.15. The molecule has 5 heteroatoms. The van der Waals surface area contributed by atoms with E-state index in [4.69, 9.17) is 5.73 Å². The molecule has 1 aromatic carbocycles. The van der Waals surface area contributed by atoms with Gasteiger partial charge in [0.1, 0.15) is 0 Å². The predicted molar refractivity (Wildman–Crippen MR) is 82.5 cm³/mol. The van der Waals surface area contributed by atoms with Crippen LogP contribution in [-0.2, 0) is 11.3 Å². The van der Waals surface area contributed by atoms with Gasteiger partial charge in [-0.25, -0.2) is 4.98 Å². The van der Waals surface area contributed by atoms with Crippen molar-refractivity contribution in [3.63, 3.8) is 0 Å². The summed E-state index contributed by atoms with van der Waals surface area (Å²) in [4.78, 5) is 15.7. The number of carbonyl (C=O) groups is 1. The van der Waals surface area contributed by atoms with Crippen LogP contribution in [0.25, 0.3) is 0 Å². The largest absolute Gasteiger partial charge is 0.356 e. The predicted octanol–water partition coefficient (Wildman–Crippen LogP) is 1.87. The number of aromatic nitrogens is 2. The number of aryl methyl sites for hydroxylation is 1. The van der Waals surface area contributed by atoms with E-state index in [0.717, 1.165) is 18.5 Å². The minimum absolute atomic E-state index is 0.0620. The zero-order chi connectivity index (χ0) is 14.9. The second-order valence-corrected chi connectivity index (χ2v) is 5.06. The maximum Gasteiger partial charge on any atom is 0.220 e. The normalized spacial score (nSPS) is 12.0. The Hall–Kier alpha value is -2.14. The fourth-order valence-corrected chi connectivity index (χ4v) is 2.15. The van der Waals surface area contributed by atoms with E-state index in [1.54, 1.807) is 12.5 Å². The van der Waals surface area contributed by atoms with E-state index in [-0.39, 0.29) is 11.9 Å². The molecular formula is C16H22N4O. The van der Waals surface area contributed by atoms with Gasteiger partial charge in [0, 0.05) is 37.9 Å². The van der Waals surface area contributed by atoms with Gasteiger partial charge in [-0.05, 0) is 18.4 Å². The summed E-state index contributed by atoms with van der Waals surface area (Å²) >= 11 is 0. The summed E-state index contributed by atoms with van der Waals surface area (Å²) in [6.45, 7) is 1.54. The molecule has 0 aliphatic rings. The molecule has 0 spiro atoms. The summed E-state index contributed by atoms with van der Waals surface area (Å²) in [6, 6.07) is 9.80. The van der Waals surface area contributed by atoms with Crippen LogP contribution >= 0.6 is 0 Å². The van der Waals surface area contributed by atoms with Crippen LogP contribution in [0.1, 0.15) is 30.9 Å². The molecule has 112 valence electrons. The molecule has 21 heavy (non-hydrogen) atoms. The molecule has 0 bridgehead atoms. The number of nitrogens with two attached hydrogens (primary N) is 1. The molecule has 0 saturated carbocycles. The Kier molecular flexibility index (Phi) is 5.97. The third-order valence-corrected chi connectivity index (χ3v) is 3.38. The van der Waals surface area contributed by atoms with Crippen LogP contribution in [0.3, 0.4) is 0 Å². The first-order valence-corrected chi connectivity index (χ1v) is 7.28. The number of nitrogens with zero attached hydrogens (tertiary/aromatic N) is 2. The molecule has 1 atom stereocenters. The number of amides is 1. The summed E-state index contributed by atoms with van der Waals surface area (Å²) < 4.78 is 2.00. The highest BCUT2D eigenvalue weighted by molar-refractivity contribution is 5.75. The standard InChI is InChI=1S/C16H22N4O/c17-15(14-5-2-1-3-6-14)7-8-16(21)19-9-4-11-20-12-10-18-13-20/h1-3,5-6,10,12-13,15H,4,7-9,11,17H2,(H,19,21). The third-order valence-electron chi connectivity index (χ3n) is 3.38. The quantitative estimate of drug-likeness (QED) is 0.728. The zero-order valence-corrected chi connectivity index (χ0v) is 12.1. The van der Waals surface area contributed by atoms with Crippen LogP contribution in [0.5, 0.6) is 0 Å². The SMILES string of the molecule is NC(CCC(=O)NCCCn1ccnc1)c1ccccc1. The van der Waals surface area contributed by atoms with E-state index in [1.165, 1.54) is 0 Å². The molecule has 2 rings (SSSR count). The van der Waals surface area contributed by atoms with Crippen molar-refractivity contribution in [3.05, 3.63) is 54.6 Å². The maximum absolute atomic E-state index is 11.8. The summed E-state index contributed by atoms with van der Waals surface area (Å²) in [6.07, 6.45) is 7.47. The van der Waals surface area contributed by atoms with Crippen molar-refractivity contribution in [3.8, 4) is 0 Å². The molecule has 0 fully saturated rings. The van der Waals surface area contributed by atoms with Gasteiger partial charge in [0.15, 0.2) is 0 Å². The highest BCUT2D eigenvalue weighted by atomic mass is 16.1. The lowest BCUT2D eigenvalue weighted by atomic mass is 10.0. The van der Waals surface area contributed by atoms with Crippen LogP contribution in [0.4, 0.5) is 0 Å². The zero-order valence-electron chi connectivity index (χ0n) is 12.1. The molecule has 2 aromatic rings. The average molecular weight is 286 g/mol. The Morgan fingerprint density at radius 3 is 2.86 bits per heavy atom. The highest BCUT2D eigenvalue weighted by Gasteiger charge is 2.08. The lowest BCUT2D eigenvalue weighted by Gasteiger charge is -2.12. The van der Waals surface area contributed by atoms with E-state index < -0.39 is 0 Å². The number of nitrogens with one attached hydrogen (secondary N) is 1. The molecule has 1 unspecified atom stereocenters. The molecule has 1 heterocycles. The Bertz CT molecular complexity index is 524. The van der Waals surface area contributed by atoms with Crippen LogP contribution in [-0.4, -0.2) is 22.0 Å². The molecule has 5 nitrogen and oxygen atoms in total. The van der Waals surface area contributed by atoms with Crippen molar-refractivity contribution in [1.82, 2.24) is 14.9 Å². The van der Waals surface area contributed by atoms with E-state index in [0.29, 0.717) is 19.4 Å². The second kappa shape index (κ2) is 8.21. The van der Waals surface area contributed by atoms with Crippen LogP contribution < -0.4 is 11.1 Å². The van der Waals surface area contributed by atoms with Gasteiger partial charge in [0.2, 0.25) is 5.91 Å². The lowest BCUT2D eigenvalue weighted by molar-refractivity contribution is -0.121. The minimum Gasteiger partial charge on any atom is -0.356 e. The van der Waals surface area contributed by atoms with Gasteiger partial charge in [-0.1, -0.05) is 30.3 Å². The van der Waals surface area contributed by atoms with Crippen molar-refractivity contribution in [1.29, 1.82) is 0 Å². The van der Waals surface area contributed by atoms with Gasteiger partial charge in [0.25, 0.3) is 0 Å². The van der Waals surface area contributed by atoms with Crippen molar-refractivity contribution in [2.45, 2.75) is 31.8 Å². The first kappa shape index (κ1) is 15.3. The summed E-state index contributed by atoms with van der Waals surface area (Å²) in [5, 5.41) is 2.92. The Morgan fingerprint density at radius 1 is 1.33 bits per heavy atom. The number of carbonyl (C=O) groups excluding carboxylic acids is 1. The molecule has 0 aliphatic carbocycles. The molecular weight excluding hydrogens is 264 g/mol. The molecule has 1 aromatic heterocycles. The van der Waals surface area contributed by atoms with Crippen molar-refractivity contribution >= 4 is 5.91 Å². The van der Waals surface area contributed by atoms with Crippen molar-refractivity contribution in [2.75, 3.05) is 6.54 Å². The fraction of sp³-hybridized carbons (Fsp3) is 0.375. The monoisotopic (exact) mass is 286 g/mol. The number of benzene rings is 1. The van der Waals surface area contributed by atoms with Crippen molar-refractivity contribution < 1.29 is 4.79 Å². The molecule has 0 radical (unpaired) electrons. The minimum atomic E-state index is -0.0806. The van der Waals surface area contributed by atoms with Gasteiger partial charge >= 0.3 is 0 Å². The van der Waals surface area contributed by atoms with Crippen LogP contribution in [0.2, 0.25) is 0 Å². The number of hydrogen-bond acceptors (Lipinski definition) is 3. The Labute approximate surface area is 125 Å². The number of rotatable bonds is 8. The Balaban J connectivity index is 1.59. The second-order valence-electron chi connectivity index (χ2n) is 5.06. The Morgan fingerprint density at radius 2 is 2.14 bits per heavy atom. The summed E-state index contributed by atoms with van der Waals surface area (Å²) in [5.74, 6) is 0.0620. The topological polar surface area (TPSA) is 72.9 Å². The molecule has 0 saturated heterocycles. The molecule has 3 N–H and O–H groups in total. The van der Waals surface area contributed by atoms with E-state index in [9.17, 15) is 4.79 Å². The molecule has 0 aliphatic heterocycles. The van der Waals surface area contributed by atoms with Gasteiger partial charge in [-0.2, -0.15) is 0 Å². The van der Waals surface area contributed by atoms with Crippen LogP contribution in [0.15, 0.2) is 49.1 Å². The first-order chi connectivity index (χ1) is 10.3. The van der Waals surface area contributed by atoms with Gasteiger partial charge in [-0.3, -0.25) is 4.79 Å². The van der Waals surface area contributed by atoms with E-state index in [1.807, 2.05) is 41.1 Å². The van der Waals surface area contributed by atoms with Gasteiger partial charge < -0.3 is 15.6 Å². The highest BCUT2D eigenvalue weighted by Crippen LogP contribution is 2.14. The average Bonchev–Trinajstić information content (AvgIpc) is 3.03. The third kappa shape index (κ3) is 5.39. The van der Waals surface area contributed by atoms with Gasteiger partial charge in [0.05, 0.1) is 6.33 Å². The van der Waals surface area contributed by atoms with E-state index >= 15 is 0 Å². The van der Waals surface area contributed by atoms with Crippen molar-refractivity contribution in [2.24, 2.45) is 5.73 Å². The first-order valence-electron chi connectivity index (χ1n) is 7.28. The van der Waals surface area contributed by atoms with Gasteiger partial charge in [-0.15, -0.1) is 0 Å².